The summed E-state index contributed by atoms with van der Waals surface area (Å²) in [5, 5.41) is 25.8. The van der Waals surface area contributed by atoms with Gasteiger partial charge in [0, 0.05) is 18.0 Å². The van der Waals surface area contributed by atoms with Crippen molar-refractivity contribution in [2.24, 2.45) is 0 Å². The maximum atomic E-state index is 12.5. The smallest absolute Gasteiger partial charge is 0.407 e. The Balaban J connectivity index is 1.24. The fourth-order valence-electron chi connectivity index (χ4n) is 4.90. The first-order valence-electron chi connectivity index (χ1n) is 11.6. The minimum Gasteiger partial charge on any atom is -0.496 e. The number of carbonyl (C=O) groups is 1. The van der Waals surface area contributed by atoms with Crippen LogP contribution >= 0.6 is 0 Å². The van der Waals surface area contributed by atoms with Crippen LogP contribution in [0.1, 0.15) is 28.7 Å². The van der Waals surface area contributed by atoms with Crippen LogP contribution in [0.2, 0.25) is 0 Å². The van der Waals surface area contributed by atoms with Crippen LogP contribution in [-0.4, -0.2) is 42.7 Å². The van der Waals surface area contributed by atoms with E-state index in [2.05, 4.69) is 29.6 Å². The van der Waals surface area contributed by atoms with E-state index in [0.29, 0.717) is 11.3 Å². The highest BCUT2D eigenvalue weighted by atomic mass is 16.5. The van der Waals surface area contributed by atoms with Gasteiger partial charge in [0.15, 0.2) is 0 Å². The molecule has 2 atom stereocenters. The van der Waals surface area contributed by atoms with Crippen molar-refractivity contribution in [3.63, 3.8) is 0 Å². The van der Waals surface area contributed by atoms with E-state index < -0.39 is 18.3 Å². The van der Waals surface area contributed by atoms with E-state index >= 15 is 0 Å². The molecule has 0 bridgehead atoms. The van der Waals surface area contributed by atoms with E-state index in [9.17, 15) is 15.0 Å². The predicted molar refractivity (Wildman–Crippen MR) is 135 cm³/mol. The number of nitrogens with one attached hydrogen (secondary N) is 1. The van der Waals surface area contributed by atoms with Crippen LogP contribution in [0.15, 0.2) is 84.9 Å². The molecule has 1 amide bonds. The number of carbonyl (C=O) groups excluding carboxylic acids is 1. The largest absolute Gasteiger partial charge is 0.496 e. The molecule has 2 unspecified atom stereocenters. The third kappa shape index (κ3) is 4.34. The van der Waals surface area contributed by atoms with Crippen molar-refractivity contribution in [3.8, 4) is 16.9 Å². The Morgan fingerprint density at radius 1 is 0.886 bits per heavy atom. The molecule has 178 valence electrons. The SMILES string of the molecule is COc1ccc2ccccc2c1C(O)C(O)CNC(=O)OCC1c2ccccc2-c2ccccc21. The lowest BCUT2D eigenvalue weighted by Gasteiger charge is -2.22. The van der Waals surface area contributed by atoms with Crippen molar-refractivity contribution in [3.05, 3.63) is 102 Å². The van der Waals surface area contributed by atoms with Gasteiger partial charge in [0.05, 0.1) is 7.11 Å². The second-order valence-electron chi connectivity index (χ2n) is 8.62. The molecule has 6 heteroatoms. The molecule has 3 N–H and O–H groups in total. The maximum absolute atomic E-state index is 12.5. The second-order valence-corrected chi connectivity index (χ2v) is 8.62. The Labute approximate surface area is 203 Å². The van der Waals surface area contributed by atoms with E-state index in [4.69, 9.17) is 9.47 Å². The van der Waals surface area contributed by atoms with Gasteiger partial charge in [0.2, 0.25) is 0 Å². The zero-order valence-electron chi connectivity index (χ0n) is 19.3. The number of amides is 1. The van der Waals surface area contributed by atoms with Crippen molar-refractivity contribution in [1.29, 1.82) is 0 Å². The molecule has 0 aliphatic heterocycles. The predicted octanol–water partition coefficient (Wildman–Crippen LogP) is 4.78. The van der Waals surface area contributed by atoms with E-state index in [0.717, 1.165) is 33.0 Å². The number of methoxy groups -OCH3 is 1. The van der Waals surface area contributed by atoms with Crippen molar-refractivity contribution >= 4 is 16.9 Å². The molecule has 1 aliphatic rings. The van der Waals surface area contributed by atoms with Crippen LogP contribution in [0.25, 0.3) is 21.9 Å². The summed E-state index contributed by atoms with van der Waals surface area (Å²) in [6.45, 7) is -0.000128. The lowest BCUT2D eigenvalue weighted by Crippen LogP contribution is -2.36. The fraction of sp³-hybridized carbons (Fsp3) is 0.207. The first-order valence-corrected chi connectivity index (χ1v) is 11.6. The number of hydrogen-bond donors (Lipinski definition) is 3. The summed E-state index contributed by atoms with van der Waals surface area (Å²) in [7, 11) is 1.52. The molecular weight excluding hydrogens is 442 g/mol. The summed E-state index contributed by atoms with van der Waals surface area (Å²) in [6, 6.07) is 27.4. The Morgan fingerprint density at radius 3 is 2.20 bits per heavy atom. The van der Waals surface area contributed by atoms with Crippen molar-refractivity contribution in [1.82, 2.24) is 5.32 Å². The summed E-state index contributed by atoms with van der Waals surface area (Å²) in [4.78, 5) is 12.5. The van der Waals surface area contributed by atoms with Crippen LogP contribution in [0.5, 0.6) is 5.75 Å². The lowest BCUT2D eigenvalue weighted by molar-refractivity contribution is 0.0181. The summed E-state index contributed by atoms with van der Waals surface area (Å²) in [5.74, 6) is 0.417. The Kier molecular flexibility index (Phi) is 6.40. The minimum atomic E-state index is -1.26. The zero-order valence-corrected chi connectivity index (χ0v) is 19.3. The van der Waals surface area contributed by atoms with Gasteiger partial charge in [-0.05, 0) is 39.1 Å². The zero-order chi connectivity index (χ0) is 24.4. The van der Waals surface area contributed by atoms with Crippen molar-refractivity contribution in [2.75, 3.05) is 20.3 Å². The molecule has 0 aromatic heterocycles. The van der Waals surface area contributed by atoms with Crippen LogP contribution in [0.3, 0.4) is 0 Å². The van der Waals surface area contributed by atoms with Gasteiger partial charge in [0.25, 0.3) is 0 Å². The van der Waals surface area contributed by atoms with Gasteiger partial charge in [-0.3, -0.25) is 0 Å². The Bertz CT molecular complexity index is 1320. The van der Waals surface area contributed by atoms with E-state index in [1.54, 1.807) is 6.07 Å². The standard InChI is InChI=1S/C29H27NO5/c1-34-26-15-14-18-8-2-3-9-19(18)27(26)28(32)25(31)16-30-29(33)35-17-24-22-12-6-4-10-20(22)21-11-5-7-13-23(21)24/h2-15,24-25,28,31-32H,16-17H2,1H3,(H,30,33). The molecule has 35 heavy (non-hydrogen) atoms. The number of alkyl carbamates (subject to hydrolysis) is 1. The van der Waals surface area contributed by atoms with Gasteiger partial charge in [-0.2, -0.15) is 0 Å². The number of hydrogen-bond acceptors (Lipinski definition) is 5. The topological polar surface area (TPSA) is 88.0 Å². The third-order valence-corrected chi connectivity index (χ3v) is 6.61. The number of fused-ring (bicyclic) bond motifs is 4. The second kappa shape index (κ2) is 9.78. The molecule has 0 fully saturated rings. The molecule has 6 nitrogen and oxygen atoms in total. The van der Waals surface area contributed by atoms with Crippen LogP contribution in [0, 0.1) is 0 Å². The van der Waals surface area contributed by atoms with Gasteiger partial charge in [0.1, 0.15) is 24.6 Å². The van der Waals surface area contributed by atoms with Gasteiger partial charge in [-0.15, -0.1) is 0 Å². The molecule has 0 spiro atoms. The van der Waals surface area contributed by atoms with Crippen LogP contribution in [0.4, 0.5) is 4.79 Å². The Morgan fingerprint density at radius 2 is 1.51 bits per heavy atom. The minimum absolute atomic E-state index is 0.0522. The average molecular weight is 470 g/mol. The molecule has 0 heterocycles. The van der Waals surface area contributed by atoms with Gasteiger partial charge < -0.3 is 25.0 Å². The van der Waals surface area contributed by atoms with E-state index in [-0.39, 0.29) is 19.1 Å². The molecular formula is C29H27NO5. The van der Waals surface area contributed by atoms with E-state index in [1.807, 2.05) is 54.6 Å². The molecule has 0 radical (unpaired) electrons. The molecule has 0 saturated heterocycles. The van der Waals surface area contributed by atoms with Gasteiger partial charge in [-0.25, -0.2) is 4.79 Å². The third-order valence-electron chi connectivity index (χ3n) is 6.61. The highest BCUT2D eigenvalue weighted by Gasteiger charge is 2.29. The molecule has 0 saturated carbocycles. The van der Waals surface area contributed by atoms with Crippen LogP contribution in [-0.2, 0) is 4.74 Å². The van der Waals surface area contributed by atoms with Crippen molar-refractivity contribution in [2.45, 2.75) is 18.1 Å². The number of benzene rings is 4. The summed E-state index contributed by atoms with van der Waals surface area (Å²) in [5.41, 5.74) is 5.03. The number of ether oxygens (including phenoxy) is 2. The van der Waals surface area contributed by atoms with Crippen molar-refractivity contribution < 1.29 is 24.5 Å². The number of aliphatic hydroxyl groups excluding tert-OH is 2. The molecule has 4 aromatic rings. The Hall–Kier alpha value is -3.87. The quantitative estimate of drug-likeness (QED) is 0.363. The number of aliphatic hydroxyl groups is 2. The number of rotatable bonds is 7. The fourth-order valence-corrected chi connectivity index (χ4v) is 4.90. The highest BCUT2D eigenvalue weighted by Crippen LogP contribution is 2.44. The van der Waals surface area contributed by atoms with Gasteiger partial charge in [-0.1, -0.05) is 78.9 Å². The lowest BCUT2D eigenvalue weighted by atomic mass is 9.96. The van der Waals surface area contributed by atoms with Gasteiger partial charge >= 0.3 is 6.09 Å². The average Bonchev–Trinajstić information content (AvgIpc) is 3.23. The molecule has 5 rings (SSSR count). The summed E-state index contributed by atoms with van der Waals surface area (Å²) < 4.78 is 10.9. The maximum Gasteiger partial charge on any atom is 0.407 e. The normalized spacial score (nSPS) is 14.1. The first kappa shape index (κ1) is 22.9. The van der Waals surface area contributed by atoms with Crippen LogP contribution < -0.4 is 10.1 Å². The summed E-state index contributed by atoms with van der Waals surface area (Å²) >= 11 is 0. The summed E-state index contributed by atoms with van der Waals surface area (Å²) in [6.07, 6.45) is -3.16. The first-order chi connectivity index (χ1) is 17.1. The highest BCUT2D eigenvalue weighted by molar-refractivity contribution is 5.88. The monoisotopic (exact) mass is 469 g/mol. The van der Waals surface area contributed by atoms with E-state index in [1.165, 1.54) is 7.11 Å². The molecule has 4 aromatic carbocycles. The molecule has 1 aliphatic carbocycles.